The van der Waals surface area contributed by atoms with E-state index in [1.54, 1.807) is 29.5 Å². The fourth-order valence-corrected chi connectivity index (χ4v) is 5.30. The van der Waals surface area contributed by atoms with Gasteiger partial charge in [0.1, 0.15) is 10.8 Å². The summed E-state index contributed by atoms with van der Waals surface area (Å²) in [6, 6.07) is 10.1. The Morgan fingerprint density at radius 1 is 1.17 bits per heavy atom. The molecule has 3 aromatic rings. The van der Waals surface area contributed by atoms with Crippen molar-refractivity contribution in [1.29, 1.82) is 0 Å². The summed E-state index contributed by atoms with van der Waals surface area (Å²) in [5, 5.41) is 3.64. The molecule has 4 rings (SSSR count). The molecule has 6 heteroatoms. The average molecular weight is 358 g/mol. The van der Waals surface area contributed by atoms with E-state index in [0.717, 1.165) is 28.5 Å². The maximum absolute atomic E-state index is 13.9. The van der Waals surface area contributed by atoms with E-state index >= 15 is 0 Å². The molecule has 1 aromatic carbocycles. The van der Waals surface area contributed by atoms with Gasteiger partial charge in [0.05, 0.1) is 11.3 Å². The molecule has 0 atom stereocenters. The number of nitrogens with one attached hydrogen (secondary N) is 1. The summed E-state index contributed by atoms with van der Waals surface area (Å²) in [5.41, 5.74) is 2.00. The Hall–Kier alpha value is -2.05. The molecular weight excluding hydrogens is 343 g/mol. The zero-order valence-electron chi connectivity index (χ0n) is 12.8. The van der Waals surface area contributed by atoms with Crippen LogP contribution in [-0.4, -0.2) is 16.2 Å². The number of rotatable bonds is 3. The number of fused-ring (bicyclic) bond motifs is 1. The van der Waals surface area contributed by atoms with Gasteiger partial charge in [-0.1, -0.05) is 12.1 Å². The molecule has 1 aliphatic heterocycles. The number of thioether (sulfide) groups is 1. The highest BCUT2D eigenvalue weighted by Crippen LogP contribution is 2.38. The monoisotopic (exact) mass is 358 g/mol. The van der Waals surface area contributed by atoms with Gasteiger partial charge in [0.25, 0.3) is 5.91 Å². The molecule has 2 aromatic heterocycles. The molecule has 0 unspecified atom stereocenters. The normalized spacial score (nSPS) is 13.5. The molecule has 1 amide bonds. The standard InChI is InChI=1S/C18H15FN2OS2/c19-13-5-1-2-6-14(13)20-17(22)16-12-7-10-23-11-15(12)24-18(16)21-8-3-4-9-21/h1-6,8-9H,7,10-11H2,(H,20,22). The number of hydrogen-bond donors (Lipinski definition) is 1. The SMILES string of the molecule is O=C(Nc1ccccc1F)c1c(-n2cccc2)sc2c1CCSC2. The minimum atomic E-state index is -0.423. The molecule has 0 radical (unpaired) electrons. The van der Waals surface area contributed by atoms with Crippen molar-refractivity contribution in [3.8, 4) is 5.00 Å². The minimum absolute atomic E-state index is 0.214. The van der Waals surface area contributed by atoms with Crippen molar-refractivity contribution in [3.63, 3.8) is 0 Å². The lowest BCUT2D eigenvalue weighted by Gasteiger charge is -2.13. The van der Waals surface area contributed by atoms with Gasteiger partial charge in [-0.3, -0.25) is 4.79 Å². The molecule has 24 heavy (non-hydrogen) atoms. The number of benzene rings is 1. The van der Waals surface area contributed by atoms with E-state index in [1.807, 2.05) is 40.9 Å². The van der Waals surface area contributed by atoms with E-state index in [0.29, 0.717) is 5.56 Å². The zero-order chi connectivity index (χ0) is 16.5. The molecule has 0 bridgehead atoms. The molecule has 3 heterocycles. The lowest BCUT2D eigenvalue weighted by Crippen LogP contribution is -2.17. The Morgan fingerprint density at radius 3 is 2.75 bits per heavy atom. The van der Waals surface area contributed by atoms with Gasteiger partial charge in [-0.2, -0.15) is 11.8 Å². The van der Waals surface area contributed by atoms with Crippen molar-refractivity contribution in [2.24, 2.45) is 0 Å². The van der Waals surface area contributed by atoms with E-state index in [1.165, 1.54) is 10.9 Å². The third-order valence-corrected chi connectivity index (χ3v) is 6.40. The Bertz CT molecular complexity index is 887. The highest BCUT2D eigenvalue weighted by Gasteiger charge is 2.26. The molecule has 1 aliphatic rings. The molecular formula is C18H15FN2OS2. The summed E-state index contributed by atoms with van der Waals surface area (Å²) in [6.07, 6.45) is 4.74. The fraction of sp³-hybridized carbons (Fsp3) is 0.167. The summed E-state index contributed by atoms with van der Waals surface area (Å²) >= 11 is 3.53. The van der Waals surface area contributed by atoms with E-state index in [-0.39, 0.29) is 11.6 Å². The second-order valence-corrected chi connectivity index (χ2v) is 7.70. The summed E-state index contributed by atoms with van der Waals surface area (Å²) in [7, 11) is 0. The van der Waals surface area contributed by atoms with Crippen LogP contribution in [0.15, 0.2) is 48.8 Å². The van der Waals surface area contributed by atoms with Crippen molar-refractivity contribution in [2.45, 2.75) is 12.2 Å². The van der Waals surface area contributed by atoms with Gasteiger partial charge in [-0.05, 0) is 42.0 Å². The third kappa shape index (κ3) is 2.76. The van der Waals surface area contributed by atoms with Crippen LogP contribution in [-0.2, 0) is 12.2 Å². The molecule has 1 N–H and O–H groups in total. The molecule has 0 fully saturated rings. The fourth-order valence-electron chi connectivity index (χ4n) is 2.85. The van der Waals surface area contributed by atoms with Crippen molar-refractivity contribution >= 4 is 34.7 Å². The van der Waals surface area contributed by atoms with E-state index in [4.69, 9.17) is 0 Å². The number of halogens is 1. The van der Waals surface area contributed by atoms with Gasteiger partial charge in [0, 0.05) is 23.0 Å². The summed E-state index contributed by atoms with van der Waals surface area (Å²) in [4.78, 5) is 14.2. The summed E-state index contributed by atoms with van der Waals surface area (Å²) < 4.78 is 15.8. The number of carbonyl (C=O) groups excluding carboxylic acids is 1. The topological polar surface area (TPSA) is 34.0 Å². The summed E-state index contributed by atoms with van der Waals surface area (Å²) in [5.74, 6) is 1.28. The molecule has 3 nitrogen and oxygen atoms in total. The van der Waals surface area contributed by atoms with Crippen LogP contribution in [0.2, 0.25) is 0 Å². The number of carbonyl (C=O) groups is 1. The van der Waals surface area contributed by atoms with E-state index in [2.05, 4.69) is 5.32 Å². The van der Waals surface area contributed by atoms with Gasteiger partial charge in [0.2, 0.25) is 0 Å². The first-order valence-electron chi connectivity index (χ1n) is 7.65. The first-order valence-corrected chi connectivity index (χ1v) is 9.62. The number of para-hydroxylation sites is 1. The Balaban J connectivity index is 1.77. The van der Waals surface area contributed by atoms with Crippen LogP contribution >= 0.6 is 23.1 Å². The second-order valence-electron chi connectivity index (χ2n) is 5.51. The number of aromatic nitrogens is 1. The Kier molecular flexibility index (Phi) is 4.16. The summed E-state index contributed by atoms with van der Waals surface area (Å²) in [6.45, 7) is 0. The average Bonchev–Trinajstić information content (AvgIpc) is 3.23. The van der Waals surface area contributed by atoms with Gasteiger partial charge in [-0.15, -0.1) is 11.3 Å². The molecule has 0 spiro atoms. The van der Waals surface area contributed by atoms with Crippen LogP contribution in [0, 0.1) is 5.82 Å². The van der Waals surface area contributed by atoms with Gasteiger partial charge < -0.3 is 9.88 Å². The predicted molar refractivity (Wildman–Crippen MR) is 97.9 cm³/mol. The van der Waals surface area contributed by atoms with Gasteiger partial charge in [0.15, 0.2) is 0 Å². The number of nitrogens with zero attached hydrogens (tertiary/aromatic N) is 1. The van der Waals surface area contributed by atoms with Crippen LogP contribution in [0.3, 0.4) is 0 Å². The Morgan fingerprint density at radius 2 is 1.96 bits per heavy atom. The first kappa shape index (κ1) is 15.5. The quantitative estimate of drug-likeness (QED) is 0.735. The second kappa shape index (κ2) is 6.45. The van der Waals surface area contributed by atoms with Crippen LogP contribution < -0.4 is 5.32 Å². The molecule has 0 aliphatic carbocycles. The van der Waals surface area contributed by atoms with Crippen molar-refractivity contribution < 1.29 is 9.18 Å². The Labute approximate surface area is 147 Å². The van der Waals surface area contributed by atoms with Crippen LogP contribution in [0.4, 0.5) is 10.1 Å². The maximum atomic E-state index is 13.9. The third-order valence-electron chi connectivity index (χ3n) is 3.99. The lowest BCUT2D eigenvalue weighted by atomic mass is 10.1. The minimum Gasteiger partial charge on any atom is -0.319 e. The first-order chi connectivity index (χ1) is 11.7. The molecule has 0 saturated carbocycles. The highest BCUT2D eigenvalue weighted by atomic mass is 32.2. The largest absolute Gasteiger partial charge is 0.319 e. The van der Waals surface area contributed by atoms with Crippen LogP contribution in [0.1, 0.15) is 20.8 Å². The van der Waals surface area contributed by atoms with Gasteiger partial charge in [-0.25, -0.2) is 4.39 Å². The molecule has 0 saturated heterocycles. The highest BCUT2D eigenvalue weighted by molar-refractivity contribution is 7.98. The predicted octanol–water partition coefficient (Wildman–Crippen LogP) is 4.72. The smallest absolute Gasteiger partial charge is 0.259 e. The van der Waals surface area contributed by atoms with Crippen molar-refractivity contribution in [2.75, 3.05) is 11.1 Å². The molecule has 122 valence electrons. The van der Waals surface area contributed by atoms with E-state index in [9.17, 15) is 9.18 Å². The number of amides is 1. The lowest BCUT2D eigenvalue weighted by molar-refractivity contribution is 0.102. The van der Waals surface area contributed by atoms with Crippen molar-refractivity contribution in [3.05, 3.63) is 70.6 Å². The number of thiophene rings is 1. The van der Waals surface area contributed by atoms with Crippen molar-refractivity contribution in [1.82, 2.24) is 4.57 Å². The zero-order valence-corrected chi connectivity index (χ0v) is 14.4. The number of hydrogen-bond acceptors (Lipinski definition) is 3. The van der Waals surface area contributed by atoms with E-state index < -0.39 is 5.82 Å². The maximum Gasteiger partial charge on any atom is 0.259 e. The van der Waals surface area contributed by atoms with Crippen LogP contribution in [0.5, 0.6) is 0 Å². The van der Waals surface area contributed by atoms with Crippen LogP contribution in [0.25, 0.3) is 5.00 Å². The number of anilines is 1. The van der Waals surface area contributed by atoms with Gasteiger partial charge >= 0.3 is 0 Å².